The molecule has 3 aromatic carbocycles. The number of nitrogens with zero attached hydrogens (tertiary/aromatic N) is 3. The zero-order valence-electron chi connectivity index (χ0n) is 19.6. The fraction of sp³-hybridized carbons (Fsp3) is 0.138. The number of halogens is 3. The van der Waals surface area contributed by atoms with E-state index in [-0.39, 0.29) is 18.4 Å². The van der Waals surface area contributed by atoms with Crippen molar-refractivity contribution in [2.24, 2.45) is 0 Å². The number of hydrogen-bond donors (Lipinski definition) is 1. The first-order chi connectivity index (χ1) is 17.8. The van der Waals surface area contributed by atoms with Crippen LogP contribution in [0.1, 0.15) is 33.8 Å². The molecule has 2 aromatic heterocycles. The number of carboxylic acid groups (broad SMARTS) is 1. The zero-order valence-corrected chi connectivity index (χ0v) is 19.6. The van der Waals surface area contributed by atoms with Gasteiger partial charge in [-0.1, -0.05) is 78.9 Å². The van der Waals surface area contributed by atoms with Crippen molar-refractivity contribution in [2.75, 3.05) is 0 Å². The summed E-state index contributed by atoms with van der Waals surface area (Å²) in [4.78, 5) is 21.3. The highest BCUT2D eigenvalue weighted by atomic mass is 19.4. The molecular formula is C29H22F3N3O2. The van der Waals surface area contributed by atoms with Crippen LogP contribution in [0.5, 0.6) is 0 Å². The molecule has 0 amide bonds. The highest BCUT2D eigenvalue weighted by molar-refractivity contribution is 5.71. The van der Waals surface area contributed by atoms with Crippen LogP contribution in [0, 0.1) is 0 Å². The molecule has 186 valence electrons. The van der Waals surface area contributed by atoms with Crippen molar-refractivity contribution in [1.82, 2.24) is 14.4 Å². The molecule has 0 aliphatic carbocycles. The Hall–Kier alpha value is -4.46. The third-order valence-corrected chi connectivity index (χ3v) is 6.14. The second-order valence-electron chi connectivity index (χ2n) is 8.70. The van der Waals surface area contributed by atoms with Gasteiger partial charge in [-0.2, -0.15) is 13.2 Å². The summed E-state index contributed by atoms with van der Waals surface area (Å²) in [7, 11) is 0. The first kappa shape index (κ1) is 24.2. The molecule has 0 unspecified atom stereocenters. The van der Waals surface area contributed by atoms with Gasteiger partial charge >= 0.3 is 12.1 Å². The number of alkyl halides is 3. The molecule has 37 heavy (non-hydrogen) atoms. The molecule has 0 radical (unpaired) electrons. The number of rotatable bonds is 7. The van der Waals surface area contributed by atoms with E-state index < -0.39 is 17.7 Å². The summed E-state index contributed by atoms with van der Waals surface area (Å²) < 4.78 is 42.9. The van der Waals surface area contributed by atoms with Crippen molar-refractivity contribution in [1.29, 1.82) is 0 Å². The lowest BCUT2D eigenvalue weighted by atomic mass is 10.0. The molecular weight excluding hydrogens is 479 g/mol. The normalized spacial score (nSPS) is 11.6. The predicted octanol–water partition coefficient (Wildman–Crippen LogP) is 6.22. The summed E-state index contributed by atoms with van der Waals surface area (Å²) in [5.41, 5.74) is 3.25. The number of benzene rings is 3. The van der Waals surface area contributed by atoms with Crippen LogP contribution in [0.2, 0.25) is 0 Å². The monoisotopic (exact) mass is 501 g/mol. The lowest BCUT2D eigenvalue weighted by Crippen LogP contribution is -2.11. The topological polar surface area (TPSA) is 67.5 Å². The minimum atomic E-state index is -4.52. The molecule has 0 spiro atoms. The third-order valence-electron chi connectivity index (χ3n) is 6.14. The Morgan fingerprint density at radius 2 is 1.46 bits per heavy atom. The van der Waals surface area contributed by atoms with Crippen molar-refractivity contribution >= 4 is 11.6 Å². The largest absolute Gasteiger partial charge is 0.481 e. The number of carboxylic acids is 1. The average Bonchev–Trinajstić information content (AvgIpc) is 3.21. The van der Waals surface area contributed by atoms with Gasteiger partial charge in [-0.3, -0.25) is 9.20 Å². The van der Waals surface area contributed by atoms with Crippen LogP contribution in [0.25, 0.3) is 16.9 Å². The number of hydrogen-bond acceptors (Lipinski definition) is 3. The van der Waals surface area contributed by atoms with E-state index in [1.54, 1.807) is 16.7 Å². The minimum Gasteiger partial charge on any atom is -0.481 e. The minimum absolute atomic E-state index is 0.0713. The molecule has 5 rings (SSSR count). The fourth-order valence-corrected chi connectivity index (χ4v) is 4.46. The number of imidazole rings is 1. The van der Waals surface area contributed by atoms with Crippen LogP contribution >= 0.6 is 0 Å². The summed E-state index contributed by atoms with van der Waals surface area (Å²) in [5.74, 6) is -1.03. The van der Waals surface area contributed by atoms with E-state index in [1.165, 1.54) is 12.1 Å². The van der Waals surface area contributed by atoms with Gasteiger partial charge in [-0.05, 0) is 17.2 Å². The van der Waals surface area contributed by atoms with Crippen molar-refractivity contribution < 1.29 is 23.1 Å². The Morgan fingerprint density at radius 3 is 2.14 bits per heavy atom. The zero-order chi connectivity index (χ0) is 26.0. The Balaban J connectivity index is 1.73. The highest BCUT2D eigenvalue weighted by Crippen LogP contribution is 2.34. The van der Waals surface area contributed by atoms with Crippen LogP contribution in [-0.4, -0.2) is 25.4 Å². The average molecular weight is 502 g/mol. The standard InChI is InChI=1S/C29H22F3N3O2/c30-29(31,32)22-14-8-7-13-21(22)16-24-28-34-23(15-19-9-3-1-4-10-19)26(17-27(36)37)35(28)18-25(33-24)20-11-5-2-6-12-20/h1-14,18H,15-17H2,(H,36,37). The molecule has 0 fully saturated rings. The van der Waals surface area contributed by atoms with Gasteiger partial charge < -0.3 is 5.11 Å². The van der Waals surface area contributed by atoms with E-state index >= 15 is 0 Å². The quantitative estimate of drug-likeness (QED) is 0.287. The maximum Gasteiger partial charge on any atom is 0.416 e. The Morgan fingerprint density at radius 1 is 0.811 bits per heavy atom. The maximum absolute atomic E-state index is 13.8. The smallest absolute Gasteiger partial charge is 0.416 e. The van der Waals surface area contributed by atoms with Crippen LogP contribution in [0.3, 0.4) is 0 Å². The lowest BCUT2D eigenvalue weighted by Gasteiger charge is -2.14. The fourth-order valence-electron chi connectivity index (χ4n) is 4.46. The molecule has 0 aliphatic heterocycles. The van der Waals surface area contributed by atoms with E-state index in [1.807, 2.05) is 60.7 Å². The van der Waals surface area contributed by atoms with Crippen molar-refractivity contribution in [3.05, 3.63) is 125 Å². The third kappa shape index (κ3) is 5.23. The van der Waals surface area contributed by atoms with Crippen molar-refractivity contribution in [2.45, 2.75) is 25.4 Å². The molecule has 0 aliphatic rings. The summed E-state index contributed by atoms with van der Waals surface area (Å²) in [6, 6.07) is 24.1. The second kappa shape index (κ2) is 9.89. The summed E-state index contributed by atoms with van der Waals surface area (Å²) in [6.07, 6.45) is -2.84. The summed E-state index contributed by atoms with van der Waals surface area (Å²) >= 11 is 0. The molecule has 0 saturated carbocycles. The number of carbonyl (C=O) groups is 1. The van der Waals surface area contributed by atoms with Gasteiger partial charge in [0.05, 0.1) is 34.8 Å². The lowest BCUT2D eigenvalue weighted by molar-refractivity contribution is -0.138. The first-order valence-corrected chi connectivity index (χ1v) is 11.7. The maximum atomic E-state index is 13.8. The van der Waals surface area contributed by atoms with E-state index in [2.05, 4.69) is 0 Å². The van der Waals surface area contributed by atoms with Crippen molar-refractivity contribution in [3.8, 4) is 11.3 Å². The number of aromatic nitrogens is 3. The predicted molar refractivity (Wildman–Crippen MR) is 133 cm³/mol. The van der Waals surface area contributed by atoms with E-state index in [4.69, 9.17) is 9.97 Å². The summed E-state index contributed by atoms with van der Waals surface area (Å²) in [6.45, 7) is 0. The molecule has 5 aromatic rings. The molecule has 8 heteroatoms. The van der Waals surface area contributed by atoms with Crippen LogP contribution in [0.4, 0.5) is 13.2 Å². The van der Waals surface area contributed by atoms with Crippen LogP contribution in [0.15, 0.2) is 91.1 Å². The van der Waals surface area contributed by atoms with Gasteiger partial charge in [0.2, 0.25) is 0 Å². The molecule has 0 bridgehead atoms. The van der Waals surface area contributed by atoms with Gasteiger partial charge in [0.1, 0.15) is 0 Å². The molecule has 0 saturated heterocycles. The van der Waals surface area contributed by atoms with E-state index in [9.17, 15) is 23.1 Å². The van der Waals surface area contributed by atoms with E-state index in [0.717, 1.165) is 17.2 Å². The second-order valence-corrected chi connectivity index (χ2v) is 8.70. The highest BCUT2D eigenvalue weighted by Gasteiger charge is 2.33. The molecule has 0 atom stereocenters. The van der Waals surface area contributed by atoms with Gasteiger partial charge in [0.15, 0.2) is 5.65 Å². The Kier molecular flexibility index (Phi) is 6.48. The van der Waals surface area contributed by atoms with Crippen molar-refractivity contribution in [3.63, 3.8) is 0 Å². The van der Waals surface area contributed by atoms with Gasteiger partial charge in [-0.15, -0.1) is 0 Å². The molecule has 1 N–H and O–H groups in total. The number of fused-ring (bicyclic) bond motifs is 1. The SMILES string of the molecule is O=C(O)Cc1c(Cc2ccccc2)nc2c(Cc3ccccc3C(F)(F)F)nc(-c3ccccc3)cn12. The van der Waals surface area contributed by atoms with Gasteiger partial charge in [0, 0.05) is 24.6 Å². The molecule has 5 nitrogen and oxygen atoms in total. The number of aliphatic carboxylic acids is 1. The van der Waals surface area contributed by atoms with Gasteiger partial charge in [-0.25, -0.2) is 9.97 Å². The van der Waals surface area contributed by atoms with Crippen LogP contribution in [-0.2, 0) is 30.2 Å². The van der Waals surface area contributed by atoms with E-state index in [0.29, 0.717) is 34.8 Å². The van der Waals surface area contributed by atoms with Gasteiger partial charge in [0.25, 0.3) is 0 Å². The molecule has 2 heterocycles. The summed E-state index contributed by atoms with van der Waals surface area (Å²) in [5, 5.41) is 9.67. The Labute approximate surface area is 210 Å². The van der Waals surface area contributed by atoms with Crippen LogP contribution < -0.4 is 0 Å². The first-order valence-electron chi connectivity index (χ1n) is 11.7. The Bertz CT molecular complexity index is 1560.